The van der Waals surface area contributed by atoms with Crippen LogP contribution in [0.15, 0.2) is 53.5 Å². The maximum Gasteiger partial charge on any atom is 0.250 e. The standard InChI is InChI=1S/C18H22N2O/c21-18-6-2-5-13-20(18)15-17-9-7-16(8-10-17)14-19-11-3-1-4-12-19/h2,5-10,13H,1,3-4,11-12,14-15H2. The summed E-state index contributed by atoms with van der Waals surface area (Å²) < 4.78 is 1.74. The maximum atomic E-state index is 11.7. The zero-order chi connectivity index (χ0) is 14.5. The number of hydrogen-bond acceptors (Lipinski definition) is 2. The molecule has 1 aliphatic rings. The molecule has 0 radical (unpaired) electrons. The van der Waals surface area contributed by atoms with Crippen molar-refractivity contribution in [3.05, 3.63) is 70.1 Å². The first-order valence-electron chi connectivity index (χ1n) is 7.77. The van der Waals surface area contributed by atoms with Crippen molar-refractivity contribution < 1.29 is 0 Å². The molecule has 110 valence electrons. The molecular formula is C18H22N2O. The first-order valence-corrected chi connectivity index (χ1v) is 7.77. The molecule has 1 aromatic carbocycles. The van der Waals surface area contributed by atoms with Crippen molar-refractivity contribution >= 4 is 0 Å². The van der Waals surface area contributed by atoms with Gasteiger partial charge in [-0.1, -0.05) is 36.8 Å². The fourth-order valence-electron chi connectivity index (χ4n) is 2.91. The van der Waals surface area contributed by atoms with E-state index in [0.717, 1.165) is 6.54 Å². The Bertz CT molecular complexity index is 624. The van der Waals surface area contributed by atoms with E-state index in [1.807, 2.05) is 12.3 Å². The number of rotatable bonds is 4. The van der Waals surface area contributed by atoms with Crippen molar-refractivity contribution in [3.8, 4) is 0 Å². The minimum Gasteiger partial charge on any atom is -0.311 e. The molecule has 1 fully saturated rings. The molecule has 2 heterocycles. The first kappa shape index (κ1) is 14.1. The third kappa shape index (κ3) is 3.82. The van der Waals surface area contributed by atoms with Crippen LogP contribution in [0.25, 0.3) is 0 Å². The molecular weight excluding hydrogens is 260 g/mol. The lowest BCUT2D eigenvalue weighted by atomic mass is 10.1. The molecule has 1 aliphatic heterocycles. The molecule has 21 heavy (non-hydrogen) atoms. The normalized spacial score (nSPS) is 16.0. The molecule has 1 aromatic heterocycles. The summed E-state index contributed by atoms with van der Waals surface area (Å²) in [5.74, 6) is 0. The van der Waals surface area contributed by atoms with Gasteiger partial charge in [-0.3, -0.25) is 9.69 Å². The molecule has 0 saturated carbocycles. The van der Waals surface area contributed by atoms with E-state index in [9.17, 15) is 4.79 Å². The van der Waals surface area contributed by atoms with Gasteiger partial charge in [-0.2, -0.15) is 0 Å². The molecule has 0 aliphatic carbocycles. The van der Waals surface area contributed by atoms with Crippen LogP contribution in [0.1, 0.15) is 30.4 Å². The largest absolute Gasteiger partial charge is 0.311 e. The van der Waals surface area contributed by atoms with Crippen LogP contribution in [-0.4, -0.2) is 22.6 Å². The van der Waals surface area contributed by atoms with Gasteiger partial charge in [0.05, 0.1) is 6.54 Å². The van der Waals surface area contributed by atoms with Crippen LogP contribution in [0, 0.1) is 0 Å². The van der Waals surface area contributed by atoms with Gasteiger partial charge in [0.1, 0.15) is 0 Å². The number of hydrogen-bond donors (Lipinski definition) is 0. The third-order valence-corrected chi connectivity index (χ3v) is 4.13. The number of aromatic nitrogens is 1. The van der Waals surface area contributed by atoms with E-state index in [1.165, 1.54) is 43.5 Å². The summed E-state index contributed by atoms with van der Waals surface area (Å²) >= 11 is 0. The molecule has 1 saturated heterocycles. The van der Waals surface area contributed by atoms with E-state index in [1.54, 1.807) is 16.7 Å². The highest BCUT2D eigenvalue weighted by Crippen LogP contribution is 2.13. The highest BCUT2D eigenvalue weighted by molar-refractivity contribution is 5.23. The van der Waals surface area contributed by atoms with Crippen molar-refractivity contribution in [2.24, 2.45) is 0 Å². The van der Waals surface area contributed by atoms with Crippen LogP contribution in [-0.2, 0) is 13.1 Å². The lowest BCUT2D eigenvalue weighted by Gasteiger charge is -2.26. The minimum atomic E-state index is 0.0508. The Kier molecular flexibility index (Phi) is 4.51. The van der Waals surface area contributed by atoms with Crippen molar-refractivity contribution in [3.63, 3.8) is 0 Å². The van der Waals surface area contributed by atoms with Gasteiger partial charge in [-0.15, -0.1) is 0 Å². The quantitative estimate of drug-likeness (QED) is 0.861. The molecule has 2 aromatic rings. The van der Waals surface area contributed by atoms with E-state index >= 15 is 0 Å². The summed E-state index contributed by atoms with van der Waals surface area (Å²) in [6.07, 6.45) is 5.87. The van der Waals surface area contributed by atoms with Crippen molar-refractivity contribution in [1.29, 1.82) is 0 Å². The monoisotopic (exact) mass is 282 g/mol. The predicted octanol–water partition coefficient (Wildman–Crippen LogP) is 2.88. The second-order valence-corrected chi connectivity index (χ2v) is 5.82. The molecule has 3 heteroatoms. The lowest BCUT2D eigenvalue weighted by molar-refractivity contribution is 0.221. The molecule has 3 nitrogen and oxygen atoms in total. The molecule has 3 rings (SSSR count). The zero-order valence-electron chi connectivity index (χ0n) is 12.4. The highest BCUT2D eigenvalue weighted by Gasteiger charge is 2.10. The average Bonchev–Trinajstić information content (AvgIpc) is 2.52. The Morgan fingerprint density at radius 3 is 2.14 bits per heavy atom. The van der Waals surface area contributed by atoms with Gasteiger partial charge in [0, 0.05) is 18.8 Å². The number of pyridine rings is 1. The van der Waals surface area contributed by atoms with Crippen LogP contribution in [0.2, 0.25) is 0 Å². The summed E-state index contributed by atoms with van der Waals surface area (Å²) in [6, 6.07) is 13.9. The van der Waals surface area contributed by atoms with E-state index in [-0.39, 0.29) is 5.56 Å². The smallest absolute Gasteiger partial charge is 0.250 e. The summed E-state index contributed by atoms with van der Waals surface area (Å²) in [7, 11) is 0. The fraction of sp³-hybridized carbons (Fsp3) is 0.389. The Morgan fingerprint density at radius 2 is 1.48 bits per heavy atom. The summed E-state index contributed by atoms with van der Waals surface area (Å²) in [5.41, 5.74) is 2.58. The van der Waals surface area contributed by atoms with Gasteiger partial charge in [-0.25, -0.2) is 0 Å². The Morgan fingerprint density at radius 1 is 0.810 bits per heavy atom. The zero-order valence-corrected chi connectivity index (χ0v) is 12.4. The SMILES string of the molecule is O=c1ccccn1Cc1ccc(CN2CCCCC2)cc1. The number of piperidine rings is 1. The molecule has 0 amide bonds. The average molecular weight is 282 g/mol. The summed E-state index contributed by atoms with van der Waals surface area (Å²) in [6.45, 7) is 4.14. The third-order valence-electron chi connectivity index (χ3n) is 4.13. The summed E-state index contributed by atoms with van der Waals surface area (Å²) in [5, 5.41) is 0. The second-order valence-electron chi connectivity index (χ2n) is 5.82. The molecule has 0 atom stereocenters. The van der Waals surface area contributed by atoms with Crippen molar-refractivity contribution in [2.45, 2.75) is 32.4 Å². The number of benzene rings is 1. The number of likely N-dealkylation sites (tertiary alicyclic amines) is 1. The van der Waals surface area contributed by atoms with E-state index < -0.39 is 0 Å². The minimum absolute atomic E-state index is 0.0508. The van der Waals surface area contributed by atoms with Gasteiger partial charge in [0.15, 0.2) is 0 Å². The predicted molar refractivity (Wildman–Crippen MR) is 85.4 cm³/mol. The molecule has 0 unspecified atom stereocenters. The topological polar surface area (TPSA) is 25.2 Å². The van der Waals surface area contributed by atoms with Gasteiger partial charge < -0.3 is 4.57 Å². The van der Waals surface area contributed by atoms with Crippen LogP contribution in [0.5, 0.6) is 0 Å². The highest BCUT2D eigenvalue weighted by atomic mass is 16.1. The Balaban J connectivity index is 1.64. The molecule has 0 bridgehead atoms. The lowest BCUT2D eigenvalue weighted by Crippen LogP contribution is -2.29. The van der Waals surface area contributed by atoms with Crippen LogP contribution < -0.4 is 5.56 Å². The van der Waals surface area contributed by atoms with Gasteiger partial charge in [0.2, 0.25) is 0 Å². The van der Waals surface area contributed by atoms with Crippen molar-refractivity contribution in [1.82, 2.24) is 9.47 Å². The maximum absolute atomic E-state index is 11.7. The van der Waals surface area contributed by atoms with Crippen molar-refractivity contribution in [2.75, 3.05) is 13.1 Å². The fourth-order valence-corrected chi connectivity index (χ4v) is 2.91. The number of nitrogens with zero attached hydrogens (tertiary/aromatic N) is 2. The Labute approximate surface area is 125 Å². The second kappa shape index (κ2) is 6.72. The van der Waals surface area contributed by atoms with Crippen LogP contribution in [0.3, 0.4) is 0 Å². The summed E-state index contributed by atoms with van der Waals surface area (Å²) in [4.78, 5) is 14.2. The molecule has 0 N–H and O–H groups in total. The van der Waals surface area contributed by atoms with E-state index in [0.29, 0.717) is 6.54 Å². The van der Waals surface area contributed by atoms with Gasteiger partial charge in [0.25, 0.3) is 5.56 Å². The van der Waals surface area contributed by atoms with Crippen LogP contribution >= 0.6 is 0 Å². The van der Waals surface area contributed by atoms with E-state index in [4.69, 9.17) is 0 Å². The van der Waals surface area contributed by atoms with Gasteiger partial charge in [-0.05, 0) is 43.1 Å². The van der Waals surface area contributed by atoms with E-state index in [2.05, 4.69) is 29.2 Å². The molecule has 0 spiro atoms. The first-order chi connectivity index (χ1) is 10.3. The van der Waals surface area contributed by atoms with Gasteiger partial charge >= 0.3 is 0 Å². The van der Waals surface area contributed by atoms with Crippen LogP contribution in [0.4, 0.5) is 0 Å². The Hall–Kier alpha value is -1.87.